The van der Waals surface area contributed by atoms with E-state index in [-0.39, 0.29) is 12.5 Å². The summed E-state index contributed by atoms with van der Waals surface area (Å²) in [6.45, 7) is 6.01. The number of aliphatic hydroxyl groups excluding tert-OH is 1. The monoisotopic (exact) mass is 279 g/mol. The molecule has 2 rings (SSSR count). The third kappa shape index (κ3) is 3.71. The molecule has 110 valence electrons. The second-order valence-corrected chi connectivity index (χ2v) is 5.00. The van der Waals surface area contributed by atoms with Gasteiger partial charge >= 0.3 is 0 Å². The molecule has 20 heavy (non-hydrogen) atoms. The standard InChI is InChI=1S/C15H21NO4/c1-11-3-4-14(13(9-11)12(2)17)20-10-15(18)16-5-7-19-8-6-16/h3-4,9,12,17H,5-8,10H2,1-2H3/t12-/m0/s1. The zero-order chi connectivity index (χ0) is 14.5. The molecule has 1 aromatic rings. The van der Waals surface area contributed by atoms with Gasteiger partial charge in [0.15, 0.2) is 6.61 Å². The molecule has 1 amide bonds. The van der Waals surface area contributed by atoms with Gasteiger partial charge in [-0.2, -0.15) is 0 Å². The van der Waals surface area contributed by atoms with Crippen LogP contribution in [0.4, 0.5) is 0 Å². The molecule has 5 nitrogen and oxygen atoms in total. The number of amides is 1. The molecule has 1 saturated heterocycles. The molecule has 1 heterocycles. The lowest BCUT2D eigenvalue weighted by Crippen LogP contribution is -2.43. The predicted octanol–water partition coefficient (Wildman–Crippen LogP) is 1.29. The highest BCUT2D eigenvalue weighted by Gasteiger charge is 2.18. The van der Waals surface area contributed by atoms with Gasteiger partial charge in [-0.3, -0.25) is 4.79 Å². The van der Waals surface area contributed by atoms with E-state index in [9.17, 15) is 9.90 Å². The maximum atomic E-state index is 12.0. The first-order chi connectivity index (χ1) is 9.58. The van der Waals surface area contributed by atoms with Crippen LogP contribution in [-0.4, -0.2) is 48.8 Å². The highest BCUT2D eigenvalue weighted by Crippen LogP contribution is 2.26. The Morgan fingerprint density at radius 1 is 1.45 bits per heavy atom. The molecule has 5 heteroatoms. The van der Waals surface area contributed by atoms with Crippen molar-refractivity contribution >= 4 is 5.91 Å². The number of benzene rings is 1. The summed E-state index contributed by atoms with van der Waals surface area (Å²) < 4.78 is 10.8. The Balaban J connectivity index is 1.98. The van der Waals surface area contributed by atoms with E-state index in [4.69, 9.17) is 9.47 Å². The molecular weight excluding hydrogens is 258 g/mol. The van der Waals surface area contributed by atoms with Gasteiger partial charge in [-0.25, -0.2) is 0 Å². The predicted molar refractivity (Wildman–Crippen MR) is 74.7 cm³/mol. The van der Waals surface area contributed by atoms with Crippen LogP contribution in [-0.2, 0) is 9.53 Å². The van der Waals surface area contributed by atoms with Crippen molar-refractivity contribution in [1.82, 2.24) is 4.90 Å². The van der Waals surface area contributed by atoms with E-state index in [1.807, 2.05) is 19.1 Å². The maximum Gasteiger partial charge on any atom is 0.260 e. The minimum atomic E-state index is -0.622. The molecule has 0 unspecified atom stereocenters. The summed E-state index contributed by atoms with van der Waals surface area (Å²) in [7, 11) is 0. The molecular formula is C15H21NO4. The Bertz CT molecular complexity index is 467. The zero-order valence-electron chi connectivity index (χ0n) is 12.0. The summed E-state index contributed by atoms with van der Waals surface area (Å²) in [5.74, 6) is 0.512. The molecule has 1 atom stereocenters. The largest absolute Gasteiger partial charge is 0.483 e. The van der Waals surface area contributed by atoms with Crippen LogP contribution in [0.15, 0.2) is 18.2 Å². The fraction of sp³-hybridized carbons (Fsp3) is 0.533. The molecule has 1 fully saturated rings. The highest BCUT2D eigenvalue weighted by molar-refractivity contribution is 5.77. The normalized spacial score (nSPS) is 16.9. The lowest BCUT2D eigenvalue weighted by Gasteiger charge is -2.27. The van der Waals surface area contributed by atoms with Gasteiger partial charge in [-0.05, 0) is 26.0 Å². The zero-order valence-corrected chi connectivity index (χ0v) is 12.0. The van der Waals surface area contributed by atoms with Gasteiger partial charge in [0, 0.05) is 18.7 Å². The maximum absolute atomic E-state index is 12.0. The number of carbonyl (C=O) groups excluding carboxylic acids is 1. The summed E-state index contributed by atoms with van der Waals surface area (Å²) in [5, 5.41) is 9.75. The molecule has 1 aliphatic heterocycles. The van der Waals surface area contributed by atoms with Crippen molar-refractivity contribution in [1.29, 1.82) is 0 Å². The molecule has 0 saturated carbocycles. The lowest BCUT2D eigenvalue weighted by atomic mass is 10.1. The Morgan fingerprint density at radius 3 is 2.80 bits per heavy atom. The molecule has 1 aliphatic rings. The first-order valence-electron chi connectivity index (χ1n) is 6.85. The Hall–Kier alpha value is -1.59. The molecule has 0 aromatic heterocycles. The third-order valence-corrected chi connectivity index (χ3v) is 3.33. The molecule has 1 aromatic carbocycles. The summed E-state index contributed by atoms with van der Waals surface area (Å²) in [6, 6.07) is 5.57. The van der Waals surface area contributed by atoms with Gasteiger partial charge in [0.2, 0.25) is 0 Å². The highest BCUT2D eigenvalue weighted by atomic mass is 16.5. The number of aryl methyl sites for hydroxylation is 1. The summed E-state index contributed by atoms with van der Waals surface area (Å²) >= 11 is 0. The third-order valence-electron chi connectivity index (χ3n) is 3.33. The van der Waals surface area contributed by atoms with Crippen LogP contribution in [0, 0.1) is 6.92 Å². The van der Waals surface area contributed by atoms with Crippen LogP contribution in [0.2, 0.25) is 0 Å². The topological polar surface area (TPSA) is 59.0 Å². The van der Waals surface area contributed by atoms with Crippen LogP contribution >= 0.6 is 0 Å². The van der Waals surface area contributed by atoms with Crippen LogP contribution in [0.5, 0.6) is 5.75 Å². The first-order valence-corrected chi connectivity index (χ1v) is 6.85. The average Bonchev–Trinajstić information content (AvgIpc) is 2.46. The second kappa shape index (κ2) is 6.72. The molecule has 0 radical (unpaired) electrons. The SMILES string of the molecule is Cc1ccc(OCC(=O)N2CCOCC2)c([C@H](C)O)c1. The summed E-state index contributed by atoms with van der Waals surface area (Å²) in [6.07, 6.45) is -0.622. The fourth-order valence-corrected chi connectivity index (χ4v) is 2.17. The number of hydrogen-bond donors (Lipinski definition) is 1. The van der Waals surface area contributed by atoms with E-state index in [2.05, 4.69) is 0 Å². The van der Waals surface area contributed by atoms with Crippen molar-refractivity contribution in [2.75, 3.05) is 32.9 Å². The van der Waals surface area contributed by atoms with Crippen LogP contribution in [0.1, 0.15) is 24.2 Å². The Labute approximate surface area is 119 Å². The van der Waals surface area contributed by atoms with Crippen molar-refractivity contribution in [2.45, 2.75) is 20.0 Å². The van der Waals surface area contributed by atoms with Gasteiger partial charge in [0.05, 0.1) is 19.3 Å². The fourth-order valence-electron chi connectivity index (χ4n) is 2.17. The molecule has 0 spiro atoms. The van der Waals surface area contributed by atoms with Gasteiger partial charge in [-0.15, -0.1) is 0 Å². The minimum absolute atomic E-state index is 0.0111. The van der Waals surface area contributed by atoms with Crippen molar-refractivity contribution < 1.29 is 19.4 Å². The van der Waals surface area contributed by atoms with E-state index in [1.54, 1.807) is 17.9 Å². The van der Waals surface area contributed by atoms with Crippen LogP contribution < -0.4 is 4.74 Å². The minimum Gasteiger partial charge on any atom is -0.483 e. The van der Waals surface area contributed by atoms with E-state index < -0.39 is 6.10 Å². The summed E-state index contributed by atoms with van der Waals surface area (Å²) in [4.78, 5) is 13.7. The van der Waals surface area contributed by atoms with E-state index in [0.717, 1.165) is 5.56 Å². The number of nitrogens with zero attached hydrogens (tertiary/aromatic N) is 1. The van der Waals surface area contributed by atoms with Crippen molar-refractivity contribution in [3.8, 4) is 5.75 Å². The van der Waals surface area contributed by atoms with E-state index in [1.165, 1.54) is 0 Å². The molecule has 0 aliphatic carbocycles. The van der Waals surface area contributed by atoms with E-state index in [0.29, 0.717) is 37.6 Å². The number of rotatable bonds is 4. The lowest BCUT2D eigenvalue weighted by molar-refractivity contribution is -0.137. The van der Waals surface area contributed by atoms with Crippen molar-refractivity contribution in [3.05, 3.63) is 29.3 Å². The number of aliphatic hydroxyl groups is 1. The number of carbonyl (C=O) groups is 1. The Kier molecular flexibility index (Phi) is 4.98. The average molecular weight is 279 g/mol. The molecule has 1 N–H and O–H groups in total. The number of hydrogen-bond acceptors (Lipinski definition) is 4. The van der Waals surface area contributed by atoms with Gasteiger partial charge < -0.3 is 19.5 Å². The second-order valence-electron chi connectivity index (χ2n) is 5.00. The first kappa shape index (κ1) is 14.8. The number of ether oxygens (including phenoxy) is 2. The molecule has 0 bridgehead atoms. The van der Waals surface area contributed by atoms with Crippen molar-refractivity contribution in [3.63, 3.8) is 0 Å². The van der Waals surface area contributed by atoms with Crippen LogP contribution in [0.25, 0.3) is 0 Å². The van der Waals surface area contributed by atoms with E-state index >= 15 is 0 Å². The van der Waals surface area contributed by atoms with Gasteiger partial charge in [0.25, 0.3) is 5.91 Å². The summed E-state index contributed by atoms with van der Waals surface area (Å²) in [5.41, 5.74) is 1.76. The van der Waals surface area contributed by atoms with Crippen LogP contribution in [0.3, 0.4) is 0 Å². The van der Waals surface area contributed by atoms with Gasteiger partial charge in [-0.1, -0.05) is 11.6 Å². The van der Waals surface area contributed by atoms with Crippen molar-refractivity contribution in [2.24, 2.45) is 0 Å². The van der Waals surface area contributed by atoms with Gasteiger partial charge in [0.1, 0.15) is 5.75 Å². The number of morpholine rings is 1. The quantitative estimate of drug-likeness (QED) is 0.902. The smallest absolute Gasteiger partial charge is 0.260 e. The Morgan fingerprint density at radius 2 is 2.15 bits per heavy atom.